The molecule has 0 bridgehead atoms. The molecule has 0 spiro atoms. The third-order valence-electron chi connectivity index (χ3n) is 5.13. The third kappa shape index (κ3) is 0.897. The van der Waals surface area contributed by atoms with E-state index >= 15 is 0 Å². The van der Waals surface area contributed by atoms with Crippen molar-refractivity contribution < 1.29 is 8.42 Å². The lowest BCUT2D eigenvalue weighted by Gasteiger charge is -2.48. The van der Waals surface area contributed by atoms with Crippen LogP contribution >= 0.6 is 0 Å². The molecule has 2 heterocycles. The van der Waals surface area contributed by atoms with Crippen LogP contribution in [0.4, 0.5) is 0 Å². The van der Waals surface area contributed by atoms with E-state index in [-0.39, 0.29) is 5.16 Å². The molecule has 0 aromatic heterocycles. The van der Waals surface area contributed by atoms with Gasteiger partial charge in [0, 0.05) is 17.6 Å². The van der Waals surface area contributed by atoms with E-state index in [1.54, 1.807) is 6.07 Å². The third-order valence-corrected chi connectivity index (χ3v) is 10.6. The molecule has 2 fully saturated rings. The van der Waals surface area contributed by atoms with Gasteiger partial charge in [-0.15, -0.1) is 0 Å². The first kappa shape index (κ1) is 11.2. The van der Waals surface area contributed by atoms with Crippen LogP contribution in [-0.4, -0.2) is 32.5 Å². The van der Waals surface area contributed by atoms with Crippen LogP contribution in [0.25, 0.3) is 0 Å². The first-order valence-corrected chi connectivity index (χ1v) is 11.4. The van der Waals surface area contributed by atoms with Crippen LogP contribution in [-0.2, 0) is 10.0 Å². The molecular formula is C13H17NO2SSi. The van der Waals surface area contributed by atoms with E-state index in [4.69, 9.17) is 0 Å². The first-order chi connectivity index (χ1) is 8.33. The second-order valence-corrected chi connectivity index (χ2v) is 13.9. The highest BCUT2D eigenvalue weighted by Crippen LogP contribution is 2.75. The van der Waals surface area contributed by atoms with Crippen LogP contribution in [0.15, 0.2) is 29.2 Å². The molecular weight excluding hydrogens is 262 g/mol. The fourth-order valence-corrected chi connectivity index (χ4v) is 11.1. The number of benzene rings is 1. The lowest BCUT2D eigenvalue weighted by molar-refractivity contribution is 0.246. The van der Waals surface area contributed by atoms with Gasteiger partial charge in [0.1, 0.15) is 0 Å². The highest BCUT2D eigenvalue weighted by molar-refractivity contribution is 7.89. The predicted octanol–water partition coefficient (Wildman–Crippen LogP) is 2.03. The Morgan fingerprint density at radius 1 is 1.28 bits per heavy atom. The molecule has 2 aliphatic heterocycles. The van der Waals surface area contributed by atoms with Gasteiger partial charge in [0.05, 0.1) is 13.0 Å². The molecule has 0 amide bonds. The van der Waals surface area contributed by atoms with E-state index in [0.29, 0.717) is 16.7 Å². The summed E-state index contributed by atoms with van der Waals surface area (Å²) in [7, 11) is -4.77. The maximum absolute atomic E-state index is 12.7. The molecule has 0 unspecified atom stereocenters. The van der Waals surface area contributed by atoms with Crippen molar-refractivity contribution in [2.75, 3.05) is 6.54 Å². The number of fused-ring (bicyclic) bond motifs is 3. The molecule has 0 radical (unpaired) electrons. The summed E-state index contributed by atoms with van der Waals surface area (Å²) in [5.41, 5.74) is 1.08. The molecule has 1 saturated carbocycles. The van der Waals surface area contributed by atoms with Gasteiger partial charge in [0.25, 0.3) is 0 Å². The largest absolute Gasteiger partial charge is 0.243 e. The van der Waals surface area contributed by atoms with Gasteiger partial charge < -0.3 is 0 Å². The van der Waals surface area contributed by atoms with Crippen molar-refractivity contribution in [3.8, 4) is 0 Å². The maximum atomic E-state index is 12.7. The molecule has 1 aromatic carbocycles. The summed E-state index contributed by atoms with van der Waals surface area (Å²) in [6, 6.07) is 7.60. The van der Waals surface area contributed by atoms with E-state index < -0.39 is 18.1 Å². The van der Waals surface area contributed by atoms with E-state index in [9.17, 15) is 8.42 Å². The lowest BCUT2D eigenvalue weighted by atomic mass is 10.1. The zero-order valence-corrected chi connectivity index (χ0v) is 12.7. The van der Waals surface area contributed by atoms with Crippen molar-refractivity contribution >= 4 is 18.1 Å². The van der Waals surface area contributed by atoms with Crippen molar-refractivity contribution in [3.63, 3.8) is 0 Å². The second kappa shape index (κ2) is 2.76. The molecule has 1 saturated heterocycles. The fourth-order valence-electron chi connectivity index (χ4n) is 4.49. The Morgan fingerprint density at radius 3 is 2.61 bits per heavy atom. The normalized spacial score (nSPS) is 39.5. The molecule has 96 valence electrons. The Hall–Kier alpha value is -0.653. The second-order valence-electron chi connectivity index (χ2n) is 6.73. The minimum atomic E-state index is -3.24. The average Bonchev–Trinajstić information content (AvgIpc) is 2.79. The highest BCUT2D eigenvalue weighted by atomic mass is 32.2. The number of hydrogen-bond acceptors (Lipinski definition) is 2. The standard InChI is InChI=1S/C13H17NO2SSi/c1-18(2,3)13-10-8-14(13)17(15,16)11-7-5-4-6-9(11)12(10)13/h4-7,10,12H,8H2,1-3H3/t10-,12+,13+/m0/s1. The van der Waals surface area contributed by atoms with Gasteiger partial charge in [-0.05, 0) is 17.5 Å². The smallest absolute Gasteiger partial charge is 0.207 e. The molecule has 3 aliphatic rings. The summed E-state index contributed by atoms with van der Waals surface area (Å²) in [4.78, 5) is 0.559. The number of sulfonamides is 1. The molecule has 18 heavy (non-hydrogen) atoms. The monoisotopic (exact) mass is 279 g/mol. The van der Waals surface area contributed by atoms with Gasteiger partial charge in [0.2, 0.25) is 10.0 Å². The van der Waals surface area contributed by atoms with Gasteiger partial charge in [-0.1, -0.05) is 37.8 Å². The Morgan fingerprint density at radius 2 is 1.94 bits per heavy atom. The van der Waals surface area contributed by atoms with Crippen LogP contribution < -0.4 is 0 Å². The summed E-state index contributed by atoms with van der Waals surface area (Å²) in [5.74, 6) is 1.06. The minimum absolute atomic E-state index is 0.000185. The summed E-state index contributed by atoms with van der Waals surface area (Å²) < 4.78 is 27.2. The van der Waals surface area contributed by atoms with E-state index in [1.807, 2.05) is 22.5 Å². The molecule has 1 aliphatic carbocycles. The lowest BCUT2D eigenvalue weighted by Crippen LogP contribution is -2.65. The van der Waals surface area contributed by atoms with Crippen LogP contribution in [0.5, 0.6) is 0 Å². The Labute approximate surface area is 109 Å². The van der Waals surface area contributed by atoms with Gasteiger partial charge in [-0.2, -0.15) is 4.31 Å². The summed E-state index contributed by atoms with van der Waals surface area (Å²) >= 11 is 0. The van der Waals surface area contributed by atoms with Crippen molar-refractivity contribution in [1.82, 2.24) is 4.31 Å². The van der Waals surface area contributed by atoms with Crippen molar-refractivity contribution in [1.29, 1.82) is 0 Å². The van der Waals surface area contributed by atoms with E-state index in [1.165, 1.54) is 0 Å². The zero-order valence-electron chi connectivity index (χ0n) is 10.8. The van der Waals surface area contributed by atoms with Crippen LogP contribution in [0.1, 0.15) is 11.5 Å². The van der Waals surface area contributed by atoms with Gasteiger partial charge in [0.15, 0.2) is 0 Å². The molecule has 1 aromatic rings. The molecule has 3 nitrogen and oxygen atoms in total. The summed E-state index contributed by atoms with van der Waals surface area (Å²) in [5, 5.41) is 0.000185. The summed E-state index contributed by atoms with van der Waals surface area (Å²) in [6.07, 6.45) is 0. The Bertz CT molecular complexity index is 664. The maximum Gasteiger partial charge on any atom is 0.243 e. The molecule has 3 atom stereocenters. The topological polar surface area (TPSA) is 37.4 Å². The Balaban J connectivity index is 2.02. The Kier molecular flexibility index (Phi) is 1.72. The highest BCUT2D eigenvalue weighted by Gasteiger charge is 2.84. The average molecular weight is 279 g/mol. The summed E-state index contributed by atoms with van der Waals surface area (Å²) in [6.45, 7) is 7.65. The first-order valence-electron chi connectivity index (χ1n) is 6.44. The number of rotatable bonds is 1. The number of nitrogens with zero attached hydrogens (tertiary/aromatic N) is 1. The molecule has 4 rings (SSSR count). The van der Waals surface area contributed by atoms with Crippen LogP contribution in [0.3, 0.4) is 0 Å². The van der Waals surface area contributed by atoms with Crippen molar-refractivity contribution in [2.24, 2.45) is 5.92 Å². The zero-order chi connectivity index (χ0) is 12.9. The quantitative estimate of drug-likeness (QED) is 0.738. The van der Waals surface area contributed by atoms with Crippen LogP contribution in [0.2, 0.25) is 19.6 Å². The van der Waals surface area contributed by atoms with Crippen molar-refractivity contribution in [2.45, 2.75) is 35.6 Å². The van der Waals surface area contributed by atoms with Gasteiger partial charge in [-0.3, -0.25) is 0 Å². The SMILES string of the molecule is C[Si](C)(C)[C@]12[C@@H]3c4ccccc4S(=O)(=O)N1C[C@@H]32. The van der Waals surface area contributed by atoms with Gasteiger partial charge >= 0.3 is 0 Å². The minimum Gasteiger partial charge on any atom is -0.207 e. The molecule has 0 N–H and O–H groups in total. The van der Waals surface area contributed by atoms with Gasteiger partial charge in [-0.25, -0.2) is 8.42 Å². The predicted molar refractivity (Wildman–Crippen MR) is 72.6 cm³/mol. The van der Waals surface area contributed by atoms with Crippen LogP contribution in [0, 0.1) is 5.92 Å². The number of hydrogen-bond donors (Lipinski definition) is 0. The molecule has 5 heteroatoms. The fraction of sp³-hybridized carbons (Fsp3) is 0.538. The van der Waals surface area contributed by atoms with Crippen molar-refractivity contribution in [3.05, 3.63) is 29.8 Å². The van der Waals surface area contributed by atoms with E-state index in [2.05, 4.69) is 19.6 Å². The van der Waals surface area contributed by atoms with E-state index in [0.717, 1.165) is 12.1 Å².